The van der Waals surface area contributed by atoms with Crippen LogP contribution < -0.4 is 5.73 Å². The van der Waals surface area contributed by atoms with Gasteiger partial charge in [-0.15, -0.1) is 12.4 Å². The highest BCUT2D eigenvalue weighted by atomic mass is 35.5. The average Bonchev–Trinajstić information content (AvgIpc) is 2.30. The van der Waals surface area contributed by atoms with E-state index in [1.165, 1.54) is 24.5 Å². The molecule has 106 valence electrons. The normalized spacial score (nSPS) is 11.1. The Labute approximate surface area is 113 Å². The minimum Gasteiger partial charge on any atom is -0.347 e. The molecule has 0 aromatic heterocycles. The van der Waals surface area contributed by atoms with Crippen LogP contribution >= 0.6 is 12.4 Å². The summed E-state index contributed by atoms with van der Waals surface area (Å²) in [5, 5.41) is 0. The zero-order chi connectivity index (χ0) is 13.1. The number of hydrogen-bond acceptors (Lipinski definition) is 3. The van der Waals surface area contributed by atoms with E-state index in [9.17, 15) is 4.79 Å². The highest BCUT2D eigenvalue weighted by Gasteiger charge is 2.11. The number of amides is 1. The van der Waals surface area contributed by atoms with Crippen LogP contribution in [0.4, 0.5) is 0 Å². The summed E-state index contributed by atoms with van der Waals surface area (Å²) < 4.78 is 0. The van der Waals surface area contributed by atoms with Crippen LogP contribution in [0.15, 0.2) is 0 Å². The third-order valence-corrected chi connectivity index (χ3v) is 2.54. The molecule has 1 atom stereocenters. The van der Waals surface area contributed by atoms with E-state index in [-0.39, 0.29) is 24.4 Å². The van der Waals surface area contributed by atoms with Crippen molar-refractivity contribution in [3.05, 3.63) is 0 Å². The van der Waals surface area contributed by atoms with Gasteiger partial charge in [0.2, 0.25) is 5.91 Å². The summed E-state index contributed by atoms with van der Waals surface area (Å²) in [5.74, 6) is -0.00231. The molecule has 0 heterocycles. The number of nitrogens with two attached hydrogens (primary N) is 1. The molecular weight excluding hydrogens is 238 g/mol. The van der Waals surface area contributed by atoms with Crippen LogP contribution in [0.5, 0.6) is 0 Å². The number of hydrogen-bond donors (Lipinski definition) is 1. The Morgan fingerprint density at radius 2 is 1.41 bits per heavy atom. The van der Waals surface area contributed by atoms with Crippen molar-refractivity contribution in [3.63, 3.8) is 0 Å². The van der Waals surface area contributed by atoms with Gasteiger partial charge in [-0.2, -0.15) is 0 Å². The van der Waals surface area contributed by atoms with Crippen LogP contribution in [0.2, 0.25) is 0 Å². The lowest BCUT2D eigenvalue weighted by molar-refractivity contribution is -0.130. The monoisotopic (exact) mass is 267 g/mol. The van der Waals surface area contributed by atoms with Crippen molar-refractivity contribution < 1.29 is 4.79 Å². The van der Waals surface area contributed by atoms with Gasteiger partial charge in [0, 0.05) is 14.1 Å². The van der Waals surface area contributed by atoms with E-state index in [2.05, 4.69) is 25.7 Å². The fourth-order valence-corrected chi connectivity index (χ4v) is 1.18. The lowest BCUT2D eigenvalue weighted by atomic mass is 10.2. The highest BCUT2D eigenvalue weighted by molar-refractivity contribution is 5.85. The van der Waals surface area contributed by atoms with Gasteiger partial charge in [0.05, 0.1) is 6.04 Å². The highest BCUT2D eigenvalue weighted by Crippen LogP contribution is 1.89. The van der Waals surface area contributed by atoms with E-state index in [1.54, 1.807) is 14.1 Å². The van der Waals surface area contributed by atoms with E-state index in [1.807, 2.05) is 6.92 Å². The smallest absolute Gasteiger partial charge is 0.238 e. The van der Waals surface area contributed by atoms with Gasteiger partial charge < -0.3 is 15.5 Å². The molecule has 0 saturated carbocycles. The first-order valence-electron chi connectivity index (χ1n) is 6.13. The Morgan fingerprint density at radius 3 is 1.47 bits per heavy atom. The first-order chi connectivity index (χ1) is 7.44. The molecule has 0 saturated heterocycles. The van der Waals surface area contributed by atoms with Crippen molar-refractivity contribution >= 4 is 18.3 Å². The first-order valence-corrected chi connectivity index (χ1v) is 6.13. The average molecular weight is 268 g/mol. The SMILES string of the molecule is CCN(CC)CC.CC[C@H](N)C(=O)N(C)C.Cl. The van der Waals surface area contributed by atoms with Crippen LogP contribution in [0.1, 0.15) is 34.1 Å². The molecule has 17 heavy (non-hydrogen) atoms. The van der Waals surface area contributed by atoms with E-state index in [0.29, 0.717) is 6.42 Å². The molecule has 2 N–H and O–H groups in total. The zero-order valence-electron chi connectivity index (χ0n) is 12.2. The van der Waals surface area contributed by atoms with Crippen LogP contribution in [-0.2, 0) is 4.79 Å². The van der Waals surface area contributed by atoms with Gasteiger partial charge in [-0.25, -0.2) is 0 Å². The maximum absolute atomic E-state index is 10.9. The van der Waals surface area contributed by atoms with Crippen LogP contribution in [0.3, 0.4) is 0 Å². The largest absolute Gasteiger partial charge is 0.347 e. The molecular formula is C12H30ClN3O. The van der Waals surface area contributed by atoms with Crippen molar-refractivity contribution in [1.29, 1.82) is 0 Å². The van der Waals surface area contributed by atoms with Gasteiger partial charge in [0.15, 0.2) is 0 Å². The fourth-order valence-electron chi connectivity index (χ4n) is 1.18. The second-order valence-electron chi connectivity index (χ2n) is 3.87. The second kappa shape index (κ2) is 13.7. The molecule has 5 heteroatoms. The van der Waals surface area contributed by atoms with Gasteiger partial charge in [-0.3, -0.25) is 4.79 Å². The maximum Gasteiger partial charge on any atom is 0.238 e. The summed E-state index contributed by atoms with van der Waals surface area (Å²) in [6.45, 7) is 12.0. The number of carbonyl (C=O) groups excluding carboxylic acids is 1. The molecule has 0 aliphatic heterocycles. The number of carbonyl (C=O) groups is 1. The number of likely N-dealkylation sites (N-methyl/N-ethyl adjacent to an activating group) is 1. The molecule has 0 spiro atoms. The Kier molecular flexibility index (Phi) is 17.7. The van der Waals surface area contributed by atoms with E-state index < -0.39 is 0 Å². The minimum absolute atomic E-state index is 0. The predicted molar refractivity (Wildman–Crippen MR) is 77.7 cm³/mol. The first kappa shape index (κ1) is 21.9. The van der Waals surface area contributed by atoms with Crippen molar-refractivity contribution in [2.75, 3.05) is 33.7 Å². The molecule has 0 unspecified atom stereocenters. The summed E-state index contributed by atoms with van der Waals surface area (Å²) >= 11 is 0. The zero-order valence-corrected chi connectivity index (χ0v) is 13.0. The second-order valence-corrected chi connectivity index (χ2v) is 3.87. The summed E-state index contributed by atoms with van der Waals surface area (Å²) in [7, 11) is 3.41. The quantitative estimate of drug-likeness (QED) is 0.823. The molecule has 0 radical (unpaired) electrons. The third-order valence-electron chi connectivity index (χ3n) is 2.54. The molecule has 0 aliphatic carbocycles. The third kappa shape index (κ3) is 11.9. The molecule has 4 nitrogen and oxygen atoms in total. The van der Waals surface area contributed by atoms with Crippen molar-refractivity contribution in [1.82, 2.24) is 9.80 Å². The summed E-state index contributed by atoms with van der Waals surface area (Å²) in [6, 6.07) is -0.319. The van der Waals surface area contributed by atoms with Gasteiger partial charge in [0.1, 0.15) is 0 Å². The van der Waals surface area contributed by atoms with Crippen LogP contribution in [0, 0.1) is 0 Å². The Hall–Kier alpha value is -0.320. The van der Waals surface area contributed by atoms with Crippen molar-refractivity contribution in [2.45, 2.75) is 40.2 Å². The van der Waals surface area contributed by atoms with E-state index in [4.69, 9.17) is 5.73 Å². The number of halogens is 1. The molecule has 0 fully saturated rings. The van der Waals surface area contributed by atoms with E-state index >= 15 is 0 Å². The molecule has 0 aromatic carbocycles. The Morgan fingerprint density at radius 1 is 1.06 bits per heavy atom. The summed E-state index contributed by atoms with van der Waals surface area (Å²) in [5.41, 5.74) is 5.43. The number of nitrogens with zero attached hydrogens (tertiary/aromatic N) is 2. The Balaban J connectivity index is -0.000000224. The van der Waals surface area contributed by atoms with Gasteiger partial charge in [-0.1, -0.05) is 27.7 Å². The predicted octanol–water partition coefficient (Wildman–Crippen LogP) is 1.58. The Bertz CT molecular complexity index is 168. The molecule has 1 amide bonds. The summed E-state index contributed by atoms with van der Waals surface area (Å²) in [4.78, 5) is 14.8. The van der Waals surface area contributed by atoms with Gasteiger partial charge in [0.25, 0.3) is 0 Å². The fraction of sp³-hybridized carbons (Fsp3) is 0.917. The van der Waals surface area contributed by atoms with Crippen molar-refractivity contribution in [3.8, 4) is 0 Å². The minimum atomic E-state index is -0.319. The number of rotatable bonds is 5. The van der Waals surface area contributed by atoms with Crippen molar-refractivity contribution in [2.24, 2.45) is 5.73 Å². The van der Waals surface area contributed by atoms with Crippen LogP contribution in [-0.4, -0.2) is 55.5 Å². The lowest BCUT2D eigenvalue weighted by Crippen LogP contribution is -2.39. The lowest BCUT2D eigenvalue weighted by Gasteiger charge is -2.14. The topological polar surface area (TPSA) is 49.6 Å². The molecule has 0 bridgehead atoms. The molecule has 0 rings (SSSR count). The van der Waals surface area contributed by atoms with Crippen LogP contribution in [0.25, 0.3) is 0 Å². The molecule has 0 aliphatic rings. The summed E-state index contributed by atoms with van der Waals surface area (Å²) in [6.07, 6.45) is 0.705. The standard InChI is InChI=1S/C6H14N2O.C6H15N.ClH/c1-4-5(7)6(9)8(2)3;1-4-7(5-2)6-3;/h5H,4,7H2,1-3H3;4-6H2,1-3H3;1H/t5-;;/m0../s1. The maximum atomic E-state index is 10.9. The van der Waals surface area contributed by atoms with E-state index in [0.717, 1.165) is 0 Å². The van der Waals surface area contributed by atoms with Gasteiger partial charge >= 0.3 is 0 Å². The van der Waals surface area contributed by atoms with Gasteiger partial charge in [-0.05, 0) is 26.1 Å². The molecule has 0 aromatic rings.